The highest BCUT2D eigenvalue weighted by Crippen LogP contribution is 2.19. The average molecular weight is 464 g/mol. The van der Waals surface area contributed by atoms with Crippen molar-refractivity contribution in [1.82, 2.24) is 15.5 Å². The predicted molar refractivity (Wildman–Crippen MR) is 115 cm³/mol. The lowest BCUT2D eigenvalue weighted by Gasteiger charge is -2.28. The number of thiol groups is 1. The van der Waals surface area contributed by atoms with Crippen LogP contribution in [0.15, 0.2) is 0 Å². The molecule has 0 spiro atoms. The van der Waals surface area contributed by atoms with Crippen LogP contribution in [-0.4, -0.2) is 88.1 Å². The number of likely N-dealkylation sites (tertiary alicyclic amines) is 1. The van der Waals surface area contributed by atoms with Crippen molar-refractivity contribution in [2.75, 3.05) is 24.3 Å². The molecule has 4 amide bonds. The van der Waals surface area contributed by atoms with Crippen molar-refractivity contribution >= 4 is 54.0 Å². The van der Waals surface area contributed by atoms with E-state index in [-0.39, 0.29) is 11.7 Å². The van der Waals surface area contributed by atoms with Crippen LogP contribution < -0.4 is 22.1 Å². The smallest absolute Gasteiger partial charge is 0.327 e. The van der Waals surface area contributed by atoms with E-state index in [4.69, 9.17) is 16.6 Å². The molecule has 0 aliphatic carbocycles. The van der Waals surface area contributed by atoms with Gasteiger partial charge in [-0.05, 0) is 31.3 Å². The van der Waals surface area contributed by atoms with Crippen molar-refractivity contribution in [3.63, 3.8) is 0 Å². The van der Waals surface area contributed by atoms with Gasteiger partial charge in [0, 0.05) is 12.3 Å². The molecule has 1 fully saturated rings. The molecule has 0 aromatic heterocycles. The zero-order chi connectivity index (χ0) is 22.8. The summed E-state index contributed by atoms with van der Waals surface area (Å²) in [5.74, 6) is -3.50. The minimum atomic E-state index is -1.38. The van der Waals surface area contributed by atoms with Crippen LogP contribution in [0.5, 0.6) is 0 Å². The number of nitrogens with one attached hydrogen (secondary N) is 2. The number of carbonyl (C=O) groups is 5. The van der Waals surface area contributed by atoms with Crippen molar-refractivity contribution in [3.8, 4) is 0 Å². The Labute approximate surface area is 184 Å². The first-order valence-corrected chi connectivity index (χ1v) is 11.4. The third-order valence-corrected chi connectivity index (χ3v) is 5.63. The van der Waals surface area contributed by atoms with Gasteiger partial charge in [-0.1, -0.05) is 0 Å². The molecule has 1 aliphatic heterocycles. The summed E-state index contributed by atoms with van der Waals surface area (Å²) in [6.45, 7) is 0.358. The van der Waals surface area contributed by atoms with E-state index in [9.17, 15) is 24.0 Å². The van der Waals surface area contributed by atoms with Crippen molar-refractivity contribution in [3.05, 3.63) is 0 Å². The van der Waals surface area contributed by atoms with Crippen molar-refractivity contribution in [2.45, 2.75) is 49.9 Å². The highest BCUT2D eigenvalue weighted by atomic mass is 32.2. The zero-order valence-electron chi connectivity index (χ0n) is 16.7. The van der Waals surface area contributed by atoms with E-state index >= 15 is 0 Å². The minimum absolute atomic E-state index is 0.183. The maximum Gasteiger partial charge on any atom is 0.327 e. The lowest BCUT2D eigenvalue weighted by atomic mass is 10.1. The monoisotopic (exact) mass is 463 g/mol. The first-order chi connectivity index (χ1) is 14.1. The topological polar surface area (TPSA) is 185 Å². The number of nitrogens with zero attached hydrogens (tertiary/aromatic N) is 1. The number of carbonyl (C=O) groups excluding carboxylic acids is 4. The standard InChI is InChI=1S/C17H29N5O6S2/c1-30-6-4-9(18)16(26)22-5-2-3-12(22)15(25)20-10(7-13(19)23)14(24)21-11(8-29)17(27)28/h9-12,29H,2-8,18H2,1H3,(H2,19,23)(H,20,25)(H,21,24)(H,27,28). The first kappa shape index (κ1) is 26.0. The van der Waals surface area contributed by atoms with Crippen molar-refractivity contribution < 1.29 is 29.1 Å². The summed E-state index contributed by atoms with van der Waals surface area (Å²) in [7, 11) is 0. The number of carboxylic acid groups (broad SMARTS) is 1. The van der Waals surface area contributed by atoms with Crippen LogP contribution >= 0.6 is 24.4 Å². The summed E-state index contributed by atoms with van der Waals surface area (Å²) in [4.78, 5) is 61.6. The Morgan fingerprint density at radius 1 is 1.23 bits per heavy atom. The molecule has 4 atom stereocenters. The summed E-state index contributed by atoms with van der Waals surface area (Å²) in [5, 5.41) is 13.7. The van der Waals surface area contributed by atoms with Crippen LogP contribution in [0.25, 0.3) is 0 Å². The lowest BCUT2D eigenvalue weighted by Crippen LogP contribution is -2.57. The molecule has 30 heavy (non-hydrogen) atoms. The fourth-order valence-electron chi connectivity index (χ4n) is 3.02. The Bertz CT molecular complexity index is 665. The summed E-state index contributed by atoms with van der Waals surface area (Å²) in [6, 6.07) is -4.24. The van der Waals surface area contributed by atoms with Gasteiger partial charge in [0.2, 0.25) is 23.6 Å². The number of aliphatic carboxylic acids is 1. The normalized spacial score (nSPS) is 18.9. The van der Waals surface area contributed by atoms with Crippen molar-refractivity contribution in [2.24, 2.45) is 11.5 Å². The van der Waals surface area contributed by atoms with Gasteiger partial charge >= 0.3 is 5.97 Å². The van der Waals surface area contributed by atoms with Crippen LogP contribution in [0, 0.1) is 0 Å². The third kappa shape index (κ3) is 7.69. The van der Waals surface area contributed by atoms with Crippen LogP contribution in [0.2, 0.25) is 0 Å². The van der Waals surface area contributed by atoms with Crippen LogP contribution in [0.3, 0.4) is 0 Å². The Kier molecular flexibility index (Phi) is 11.0. The summed E-state index contributed by atoms with van der Waals surface area (Å²) in [6.07, 6.45) is 2.82. The number of rotatable bonds is 12. The van der Waals surface area contributed by atoms with E-state index in [1.807, 2.05) is 6.26 Å². The fourth-order valence-corrected chi connectivity index (χ4v) is 3.76. The van der Waals surface area contributed by atoms with Gasteiger partial charge in [-0.2, -0.15) is 24.4 Å². The molecule has 1 rings (SSSR count). The largest absolute Gasteiger partial charge is 0.480 e. The van der Waals surface area contributed by atoms with Crippen LogP contribution in [-0.2, 0) is 24.0 Å². The van der Waals surface area contributed by atoms with Gasteiger partial charge in [0.25, 0.3) is 0 Å². The highest BCUT2D eigenvalue weighted by Gasteiger charge is 2.38. The molecule has 11 nitrogen and oxygen atoms in total. The number of thioether (sulfide) groups is 1. The first-order valence-electron chi connectivity index (χ1n) is 9.40. The van der Waals surface area contributed by atoms with E-state index < -0.39 is 54.3 Å². The highest BCUT2D eigenvalue weighted by molar-refractivity contribution is 7.98. The second-order valence-electron chi connectivity index (χ2n) is 6.89. The van der Waals surface area contributed by atoms with E-state index in [0.717, 1.165) is 0 Å². The Hall–Kier alpha value is -1.99. The molecule has 1 aliphatic rings. The molecule has 7 N–H and O–H groups in total. The number of nitrogens with two attached hydrogens (primary N) is 2. The molecule has 4 unspecified atom stereocenters. The fraction of sp³-hybridized carbons (Fsp3) is 0.706. The molecule has 0 radical (unpaired) electrons. The SMILES string of the molecule is CSCCC(N)C(=O)N1CCCC1C(=O)NC(CC(N)=O)C(=O)NC(CS)C(=O)O. The summed E-state index contributed by atoms with van der Waals surface area (Å²) >= 11 is 5.41. The number of primary amides is 1. The van der Waals surface area contributed by atoms with E-state index in [2.05, 4.69) is 23.3 Å². The molecule has 0 saturated carbocycles. The molecular weight excluding hydrogens is 434 g/mol. The number of amides is 4. The third-order valence-electron chi connectivity index (χ3n) is 4.62. The van der Waals surface area contributed by atoms with Gasteiger partial charge in [-0.25, -0.2) is 4.79 Å². The van der Waals surface area contributed by atoms with Gasteiger partial charge < -0.3 is 32.1 Å². The summed E-state index contributed by atoms with van der Waals surface area (Å²) < 4.78 is 0. The minimum Gasteiger partial charge on any atom is -0.480 e. The van der Waals surface area contributed by atoms with Gasteiger partial charge in [0.1, 0.15) is 18.1 Å². The van der Waals surface area contributed by atoms with Gasteiger partial charge in [-0.3, -0.25) is 19.2 Å². The van der Waals surface area contributed by atoms with E-state index in [1.54, 1.807) is 11.8 Å². The second kappa shape index (κ2) is 12.6. The van der Waals surface area contributed by atoms with Crippen molar-refractivity contribution in [1.29, 1.82) is 0 Å². The Balaban J connectivity index is 2.86. The number of carboxylic acids is 1. The maximum atomic E-state index is 12.8. The number of hydrogen-bond donors (Lipinski definition) is 6. The molecule has 0 aromatic carbocycles. The van der Waals surface area contributed by atoms with Gasteiger partial charge in [-0.15, -0.1) is 0 Å². The second-order valence-corrected chi connectivity index (χ2v) is 8.24. The molecular formula is C17H29N5O6S2. The Morgan fingerprint density at radius 3 is 2.43 bits per heavy atom. The molecule has 170 valence electrons. The molecule has 0 bridgehead atoms. The van der Waals surface area contributed by atoms with Crippen LogP contribution in [0.4, 0.5) is 0 Å². The summed E-state index contributed by atoms with van der Waals surface area (Å²) in [5.41, 5.74) is 11.1. The predicted octanol–water partition coefficient (Wildman–Crippen LogP) is -2.08. The number of hydrogen-bond acceptors (Lipinski definition) is 8. The van der Waals surface area contributed by atoms with Crippen LogP contribution in [0.1, 0.15) is 25.7 Å². The maximum absolute atomic E-state index is 12.8. The quantitative estimate of drug-likeness (QED) is 0.178. The molecule has 13 heteroatoms. The van der Waals surface area contributed by atoms with E-state index in [1.165, 1.54) is 4.90 Å². The van der Waals surface area contributed by atoms with E-state index in [0.29, 0.717) is 31.6 Å². The average Bonchev–Trinajstić information content (AvgIpc) is 3.18. The lowest BCUT2D eigenvalue weighted by molar-refractivity contribution is -0.142. The molecule has 1 saturated heterocycles. The van der Waals surface area contributed by atoms with Gasteiger partial charge in [0.15, 0.2) is 0 Å². The zero-order valence-corrected chi connectivity index (χ0v) is 18.4. The Morgan fingerprint density at radius 2 is 1.90 bits per heavy atom. The molecule has 0 aromatic rings. The van der Waals surface area contributed by atoms with Gasteiger partial charge in [0.05, 0.1) is 12.5 Å². The molecule has 1 heterocycles.